The lowest BCUT2D eigenvalue weighted by molar-refractivity contribution is -0.123. The number of likely N-dealkylation sites (tertiary alicyclic amines) is 1. The van der Waals surface area contributed by atoms with Crippen LogP contribution in [0.25, 0.3) is 0 Å². The minimum atomic E-state index is -0.779. The molecule has 2 aliphatic rings. The molecule has 0 saturated carbocycles. The Labute approximate surface area is 191 Å². The third kappa shape index (κ3) is 6.55. The largest absolute Gasteiger partial charge is 0.386 e. The summed E-state index contributed by atoms with van der Waals surface area (Å²) in [7, 11) is 0. The fraction of sp³-hybridized carbons (Fsp3) is 0.500. The number of aliphatic hydroxyl groups is 1. The molecule has 1 saturated heterocycles. The zero-order valence-electron chi connectivity index (χ0n) is 18.7. The highest BCUT2D eigenvalue weighted by molar-refractivity contribution is 6.30. The van der Waals surface area contributed by atoms with Gasteiger partial charge in [-0.2, -0.15) is 0 Å². The predicted octanol–water partition coefficient (Wildman–Crippen LogP) is 4.79. The molecule has 2 N–H and O–H groups in total. The predicted molar refractivity (Wildman–Crippen MR) is 127 cm³/mol. The van der Waals surface area contributed by atoms with E-state index in [9.17, 15) is 9.90 Å². The van der Waals surface area contributed by atoms with Crippen LogP contribution in [0.4, 0.5) is 0 Å². The summed E-state index contributed by atoms with van der Waals surface area (Å²) in [5.41, 5.74) is 3.46. The number of nitrogens with one attached hydrogen (secondary N) is 1. The second-order valence-electron chi connectivity index (χ2n) is 8.43. The highest BCUT2D eigenvalue weighted by atomic mass is 35.5. The fourth-order valence-electron chi connectivity index (χ4n) is 4.71. The van der Waals surface area contributed by atoms with Gasteiger partial charge in [0.2, 0.25) is 5.91 Å². The van der Waals surface area contributed by atoms with Crippen molar-refractivity contribution in [1.29, 1.82) is 0 Å². The number of carbonyl (C=O) groups excluding carboxylic acids is 1. The Kier molecular flexibility index (Phi) is 8.94. The summed E-state index contributed by atoms with van der Waals surface area (Å²) in [5.74, 6) is 0.358. The van der Waals surface area contributed by atoms with Gasteiger partial charge in [0.15, 0.2) is 0 Å². The van der Waals surface area contributed by atoms with E-state index in [0.717, 1.165) is 31.5 Å². The zero-order chi connectivity index (χ0) is 22.2. The summed E-state index contributed by atoms with van der Waals surface area (Å²) in [6.07, 6.45) is 3.98. The van der Waals surface area contributed by atoms with E-state index in [-0.39, 0.29) is 11.9 Å². The molecule has 1 fully saturated rings. The van der Waals surface area contributed by atoms with Crippen LogP contribution < -0.4 is 5.32 Å². The van der Waals surface area contributed by atoms with E-state index >= 15 is 0 Å². The van der Waals surface area contributed by atoms with Gasteiger partial charge in [0.1, 0.15) is 6.10 Å². The minimum absolute atomic E-state index is 0.0214. The Morgan fingerprint density at radius 3 is 2.35 bits per heavy atom. The van der Waals surface area contributed by atoms with Crippen LogP contribution >= 0.6 is 11.6 Å². The summed E-state index contributed by atoms with van der Waals surface area (Å²) in [6, 6.07) is 15.4. The molecular weight excluding hydrogens is 408 g/mol. The molecule has 5 heteroatoms. The molecule has 1 aliphatic carbocycles. The SMILES string of the molecule is CC.O=C(CC1Cc2ccccc2C1)NC(CN1CCCC1)C(O)c1cccc(Cl)c1. The monoisotopic (exact) mass is 442 g/mol. The first-order valence-corrected chi connectivity index (χ1v) is 12.0. The van der Waals surface area contributed by atoms with Crippen molar-refractivity contribution in [2.75, 3.05) is 19.6 Å². The summed E-state index contributed by atoms with van der Waals surface area (Å²) < 4.78 is 0. The number of fused-ring (bicyclic) bond motifs is 1. The highest BCUT2D eigenvalue weighted by Crippen LogP contribution is 2.29. The van der Waals surface area contributed by atoms with E-state index in [4.69, 9.17) is 11.6 Å². The Hall–Kier alpha value is -1.88. The van der Waals surface area contributed by atoms with Crippen molar-refractivity contribution >= 4 is 17.5 Å². The van der Waals surface area contributed by atoms with Crippen molar-refractivity contribution in [1.82, 2.24) is 10.2 Å². The van der Waals surface area contributed by atoms with E-state index in [0.29, 0.717) is 23.9 Å². The first-order valence-electron chi connectivity index (χ1n) is 11.6. The van der Waals surface area contributed by atoms with Gasteiger partial charge in [-0.25, -0.2) is 0 Å². The van der Waals surface area contributed by atoms with Crippen LogP contribution in [0.1, 0.15) is 55.9 Å². The Balaban J connectivity index is 0.00000132. The normalized spacial score (nSPS) is 18.1. The third-order valence-electron chi connectivity index (χ3n) is 6.18. The van der Waals surface area contributed by atoms with Crippen LogP contribution in [0.3, 0.4) is 0 Å². The molecule has 0 radical (unpaired) electrons. The van der Waals surface area contributed by atoms with Crippen molar-refractivity contribution in [2.24, 2.45) is 5.92 Å². The molecule has 0 bridgehead atoms. The second kappa shape index (κ2) is 11.7. The number of aliphatic hydroxyl groups excluding tert-OH is 1. The molecule has 1 amide bonds. The van der Waals surface area contributed by atoms with Crippen molar-refractivity contribution in [2.45, 2.75) is 58.1 Å². The minimum Gasteiger partial charge on any atom is -0.386 e. The standard InChI is InChI=1S/C24H29ClN2O2.C2H6/c25-21-9-5-8-20(15-21)24(29)22(16-27-10-3-4-11-27)26-23(28)14-17-12-18-6-1-2-7-19(18)13-17;1-2/h1-2,5-9,15,17,22,24,29H,3-4,10-14,16H2,(H,26,28);1-2H3. The molecule has 1 heterocycles. The Morgan fingerprint density at radius 2 is 1.74 bits per heavy atom. The summed E-state index contributed by atoms with van der Waals surface area (Å²) in [5, 5.41) is 14.8. The topological polar surface area (TPSA) is 52.6 Å². The van der Waals surface area contributed by atoms with Gasteiger partial charge in [0.05, 0.1) is 6.04 Å². The van der Waals surface area contributed by atoms with Gasteiger partial charge in [-0.3, -0.25) is 4.79 Å². The van der Waals surface area contributed by atoms with E-state index < -0.39 is 6.10 Å². The van der Waals surface area contributed by atoms with Gasteiger partial charge in [-0.1, -0.05) is 61.8 Å². The maximum absolute atomic E-state index is 12.9. The average Bonchev–Trinajstić information content (AvgIpc) is 3.43. The number of amides is 1. The molecule has 1 aliphatic heterocycles. The number of rotatable bonds is 7. The summed E-state index contributed by atoms with van der Waals surface area (Å²) >= 11 is 6.12. The zero-order valence-corrected chi connectivity index (χ0v) is 19.4. The molecule has 4 nitrogen and oxygen atoms in total. The van der Waals surface area contributed by atoms with Crippen LogP contribution in [0.15, 0.2) is 48.5 Å². The lowest BCUT2D eigenvalue weighted by Crippen LogP contribution is -2.47. The van der Waals surface area contributed by atoms with E-state index in [1.165, 1.54) is 24.0 Å². The van der Waals surface area contributed by atoms with Crippen LogP contribution in [0.5, 0.6) is 0 Å². The number of nitrogens with zero attached hydrogens (tertiary/aromatic N) is 1. The molecule has 2 aromatic rings. The van der Waals surface area contributed by atoms with E-state index in [1.807, 2.05) is 26.0 Å². The average molecular weight is 443 g/mol. The number of benzene rings is 2. The van der Waals surface area contributed by atoms with Crippen LogP contribution in [-0.4, -0.2) is 41.6 Å². The van der Waals surface area contributed by atoms with Gasteiger partial charge in [0.25, 0.3) is 0 Å². The van der Waals surface area contributed by atoms with Crippen LogP contribution in [-0.2, 0) is 17.6 Å². The highest BCUT2D eigenvalue weighted by Gasteiger charge is 2.29. The summed E-state index contributed by atoms with van der Waals surface area (Å²) in [6.45, 7) is 6.70. The maximum Gasteiger partial charge on any atom is 0.220 e. The molecule has 168 valence electrons. The van der Waals surface area contributed by atoms with Crippen LogP contribution in [0, 0.1) is 5.92 Å². The molecule has 0 spiro atoms. The van der Waals surface area contributed by atoms with Crippen LogP contribution in [0.2, 0.25) is 5.02 Å². The smallest absolute Gasteiger partial charge is 0.220 e. The van der Waals surface area contributed by atoms with Crippen molar-refractivity contribution in [3.63, 3.8) is 0 Å². The molecule has 4 rings (SSSR count). The molecule has 2 atom stereocenters. The maximum atomic E-state index is 12.9. The number of halogens is 1. The molecular formula is C26H35ClN2O2. The first kappa shape index (κ1) is 23.8. The molecule has 31 heavy (non-hydrogen) atoms. The van der Waals surface area contributed by atoms with Crippen molar-refractivity contribution in [3.8, 4) is 0 Å². The number of hydrogen-bond donors (Lipinski definition) is 2. The van der Waals surface area contributed by atoms with Crippen molar-refractivity contribution in [3.05, 3.63) is 70.2 Å². The van der Waals surface area contributed by atoms with E-state index in [1.54, 1.807) is 12.1 Å². The molecule has 2 aromatic carbocycles. The third-order valence-corrected chi connectivity index (χ3v) is 6.42. The molecule has 2 unspecified atom stereocenters. The van der Waals surface area contributed by atoms with Gasteiger partial charge < -0.3 is 15.3 Å². The van der Waals surface area contributed by atoms with Gasteiger partial charge >= 0.3 is 0 Å². The number of carbonyl (C=O) groups is 1. The summed E-state index contributed by atoms with van der Waals surface area (Å²) in [4.78, 5) is 15.2. The Morgan fingerprint density at radius 1 is 1.10 bits per heavy atom. The molecule has 0 aromatic heterocycles. The lowest BCUT2D eigenvalue weighted by Gasteiger charge is -2.29. The fourth-order valence-corrected chi connectivity index (χ4v) is 4.91. The quantitative estimate of drug-likeness (QED) is 0.648. The van der Waals surface area contributed by atoms with Crippen molar-refractivity contribution < 1.29 is 9.90 Å². The number of hydrogen-bond acceptors (Lipinski definition) is 3. The van der Waals surface area contributed by atoms with E-state index in [2.05, 4.69) is 34.5 Å². The Bertz CT molecular complexity index is 826. The van der Waals surface area contributed by atoms with Gasteiger partial charge in [0, 0.05) is 18.0 Å². The second-order valence-corrected chi connectivity index (χ2v) is 8.87. The van der Waals surface area contributed by atoms with Gasteiger partial charge in [-0.05, 0) is 73.5 Å². The lowest BCUT2D eigenvalue weighted by atomic mass is 9.99. The van der Waals surface area contributed by atoms with Gasteiger partial charge in [-0.15, -0.1) is 0 Å². The first-order chi connectivity index (χ1) is 15.1.